The molecular weight excluding hydrogens is 202 g/mol. The van der Waals surface area contributed by atoms with Crippen LogP contribution in [0.2, 0.25) is 0 Å². The van der Waals surface area contributed by atoms with Crippen molar-refractivity contribution in [3.8, 4) is 0 Å². The fourth-order valence-electron chi connectivity index (χ4n) is 1.36. The Morgan fingerprint density at radius 2 is 2.14 bits per heavy atom. The summed E-state index contributed by atoms with van der Waals surface area (Å²) in [4.78, 5) is 0. The molecular formula is C9H19NO3S. The highest BCUT2D eigenvalue weighted by atomic mass is 32.2. The molecule has 0 amide bonds. The lowest BCUT2D eigenvalue weighted by atomic mass is 10.2. The molecule has 0 aromatic rings. The highest BCUT2D eigenvalue weighted by molar-refractivity contribution is 7.90. The maximum Gasteiger partial charge on any atom is 0.147 e. The van der Waals surface area contributed by atoms with E-state index >= 15 is 0 Å². The van der Waals surface area contributed by atoms with Crippen LogP contribution in [0.1, 0.15) is 19.3 Å². The fraction of sp³-hybridized carbons (Fsp3) is 1.00. The van der Waals surface area contributed by atoms with Crippen LogP contribution in [0.4, 0.5) is 0 Å². The van der Waals surface area contributed by atoms with Crippen molar-refractivity contribution in [2.75, 3.05) is 25.1 Å². The van der Waals surface area contributed by atoms with Crippen molar-refractivity contribution < 1.29 is 13.5 Å². The van der Waals surface area contributed by atoms with Gasteiger partial charge in [-0.05, 0) is 31.7 Å². The molecule has 0 aromatic heterocycles. The average molecular weight is 221 g/mol. The molecule has 1 aliphatic rings. The van der Waals surface area contributed by atoms with Crippen LogP contribution in [0, 0.1) is 5.92 Å². The third-order valence-corrected chi connectivity index (χ3v) is 3.42. The summed E-state index contributed by atoms with van der Waals surface area (Å²) in [6.07, 6.45) is 3.88. The Morgan fingerprint density at radius 1 is 1.50 bits per heavy atom. The first-order chi connectivity index (χ1) is 6.49. The zero-order chi connectivity index (χ0) is 10.6. The maximum atomic E-state index is 10.8. The summed E-state index contributed by atoms with van der Waals surface area (Å²) >= 11 is 0. The second-order valence-electron chi connectivity index (χ2n) is 4.09. The fourth-order valence-corrected chi connectivity index (χ4v) is 2.03. The van der Waals surface area contributed by atoms with Crippen molar-refractivity contribution in [1.29, 1.82) is 0 Å². The summed E-state index contributed by atoms with van der Waals surface area (Å²) < 4.78 is 21.5. The molecule has 1 rings (SSSR count). The van der Waals surface area contributed by atoms with Gasteiger partial charge in [0.05, 0.1) is 11.9 Å². The van der Waals surface area contributed by atoms with Gasteiger partial charge < -0.3 is 10.4 Å². The van der Waals surface area contributed by atoms with Crippen LogP contribution in [-0.2, 0) is 9.84 Å². The number of hydrogen-bond acceptors (Lipinski definition) is 4. The van der Waals surface area contributed by atoms with E-state index in [2.05, 4.69) is 5.32 Å². The highest BCUT2D eigenvalue weighted by Crippen LogP contribution is 2.32. The van der Waals surface area contributed by atoms with Gasteiger partial charge in [-0.2, -0.15) is 0 Å². The van der Waals surface area contributed by atoms with Crippen molar-refractivity contribution in [2.24, 2.45) is 5.92 Å². The molecule has 4 nitrogen and oxygen atoms in total. The topological polar surface area (TPSA) is 66.4 Å². The third kappa shape index (κ3) is 5.57. The molecule has 1 saturated carbocycles. The lowest BCUT2D eigenvalue weighted by Crippen LogP contribution is -2.29. The van der Waals surface area contributed by atoms with E-state index in [1.165, 1.54) is 6.26 Å². The van der Waals surface area contributed by atoms with Gasteiger partial charge in [0.2, 0.25) is 0 Å². The highest BCUT2D eigenvalue weighted by Gasteiger charge is 2.28. The summed E-state index contributed by atoms with van der Waals surface area (Å²) in [7, 11) is -2.83. The molecule has 0 bridgehead atoms. The van der Waals surface area contributed by atoms with Crippen LogP contribution in [0.3, 0.4) is 0 Å². The van der Waals surface area contributed by atoms with Gasteiger partial charge in [0.25, 0.3) is 0 Å². The molecule has 0 spiro atoms. The summed E-state index contributed by atoms with van der Waals surface area (Å²) in [5, 5.41) is 12.5. The van der Waals surface area contributed by atoms with Crippen LogP contribution >= 0.6 is 0 Å². The summed E-state index contributed by atoms with van der Waals surface area (Å²) in [5.41, 5.74) is 0. The van der Waals surface area contributed by atoms with Gasteiger partial charge >= 0.3 is 0 Å². The monoisotopic (exact) mass is 221 g/mol. The molecule has 1 fully saturated rings. The summed E-state index contributed by atoms with van der Waals surface area (Å²) in [6, 6.07) is 0. The lowest BCUT2D eigenvalue weighted by molar-refractivity contribution is 0.149. The Labute approximate surface area is 85.6 Å². The van der Waals surface area contributed by atoms with Crippen molar-refractivity contribution in [3.05, 3.63) is 0 Å². The van der Waals surface area contributed by atoms with Gasteiger partial charge in [0.1, 0.15) is 9.84 Å². The molecule has 0 saturated heterocycles. The Hall–Kier alpha value is -0.130. The van der Waals surface area contributed by atoms with E-state index in [0.29, 0.717) is 25.4 Å². The van der Waals surface area contributed by atoms with Gasteiger partial charge in [0, 0.05) is 12.8 Å². The minimum atomic E-state index is -2.83. The first kappa shape index (κ1) is 11.9. The minimum Gasteiger partial charge on any atom is -0.392 e. The van der Waals surface area contributed by atoms with Crippen molar-refractivity contribution in [1.82, 2.24) is 5.32 Å². The predicted molar refractivity (Wildman–Crippen MR) is 55.9 cm³/mol. The van der Waals surface area contributed by atoms with E-state index in [1.807, 2.05) is 0 Å². The second kappa shape index (κ2) is 5.09. The first-order valence-corrected chi connectivity index (χ1v) is 7.11. The van der Waals surface area contributed by atoms with Crippen LogP contribution in [0.15, 0.2) is 0 Å². The Bertz CT molecular complexity index is 259. The molecule has 1 unspecified atom stereocenters. The van der Waals surface area contributed by atoms with E-state index in [4.69, 9.17) is 0 Å². The van der Waals surface area contributed by atoms with Crippen molar-refractivity contribution in [2.45, 2.75) is 25.4 Å². The number of sulfone groups is 1. The SMILES string of the molecule is CS(=O)(=O)CCCNCC(O)C1CC1. The maximum absolute atomic E-state index is 10.8. The molecule has 84 valence electrons. The Balaban J connectivity index is 1.93. The van der Waals surface area contributed by atoms with Gasteiger partial charge in [-0.1, -0.05) is 0 Å². The molecule has 5 heteroatoms. The van der Waals surface area contributed by atoms with E-state index < -0.39 is 9.84 Å². The van der Waals surface area contributed by atoms with E-state index in [1.54, 1.807) is 0 Å². The second-order valence-corrected chi connectivity index (χ2v) is 6.35. The van der Waals surface area contributed by atoms with Crippen LogP contribution in [0.25, 0.3) is 0 Å². The predicted octanol–water partition coefficient (Wildman–Crippen LogP) is -0.218. The molecule has 14 heavy (non-hydrogen) atoms. The Morgan fingerprint density at radius 3 is 2.64 bits per heavy atom. The van der Waals surface area contributed by atoms with Crippen LogP contribution < -0.4 is 5.32 Å². The van der Waals surface area contributed by atoms with Crippen LogP contribution in [0.5, 0.6) is 0 Å². The number of nitrogens with one attached hydrogen (secondary N) is 1. The smallest absolute Gasteiger partial charge is 0.147 e. The number of aliphatic hydroxyl groups excluding tert-OH is 1. The quantitative estimate of drug-likeness (QED) is 0.583. The molecule has 0 aliphatic heterocycles. The number of hydrogen-bond donors (Lipinski definition) is 2. The first-order valence-electron chi connectivity index (χ1n) is 5.05. The molecule has 0 radical (unpaired) electrons. The van der Waals surface area contributed by atoms with E-state index in [9.17, 15) is 13.5 Å². The van der Waals surface area contributed by atoms with Gasteiger partial charge in [-0.3, -0.25) is 0 Å². The van der Waals surface area contributed by atoms with E-state index in [0.717, 1.165) is 12.8 Å². The molecule has 2 N–H and O–H groups in total. The van der Waals surface area contributed by atoms with Gasteiger partial charge in [0.15, 0.2) is 0 Å². The average Bonchev–Trinajstić information content (AvgIpc) is 2.83. The van der Waals surface area contributed by atoms with Crippen molar-refractivity contribution >= 4 is 9.84 Å². The van der Waals surface area contributed by atoms with Crippen molar-refractivity contribution in [3.63, 3.8) is 0 Å². The molecule has 1 atom stereocenters. The summed E-state index contributed by atoms with van der Waals surface area (Å²) in [5.74, 6) is 0.705. The Kier molecular flexibility index (Phi) is 4.34. The number of aliphatic hydroxyl groups is 1. The van der Waals surface area contributed by atoms with E-state index in [-0.39, 0.29) is 11.9 Å². The number of rotatable bonds is 7. The summed E-state index contributed by atoms with van der Waals surface area (Å²) in [6.45, 7) is 1.26. The molecule has 0 heterocycles. The molecule has 0 aromatic carbocycles. The molecule has 1 aliphatic carbocycles. The zero-order valence-electron chi connectivity index (χ0n) is 8.57. The standard InChI is InChI=1S/C9H19NO3S/c1-14(12,13)6-2-5-10-7-9(11)8-3-4-8/h8-11H,2-7H2,1H3. The minimum absolute atomic E-state index is 0.222. The normalized spacial score (nSPS) is 19.6. The largest absolute Gasteiger partial charge is 0.392 e. The third-order valence-electron chi connectivity index (χ3n) is 2.39. The van der Waals surface area contributed by atoms with Gasteiger partial charge in [-0.15, -0.1) is 0 Å². The zero-order valence-corrected chi connectivity index (χ0v) is 9.39. The lowest BCUT2D eigenvalue weighted by Gasteiger charge is -2.09. The van der Waals surface area contributed by atoms with Gasteiger partial charge in [-0.25, -0.2) is 8.42 Å². The van der Waals surface area contributed by atoms with Crippen LogP contribution in [-0.4, -0.2) is 44.7 Å².